The van der Waals surface area contributed by atoms with E-state index in [2.05, 4.69) is 20.8 Å². The van der Waals surface area contributed by atoms with Crippen LogP contribution in [-0.4, -0.2) is 35.6 Å². The van der Waals surface area contributed by atoms with Gasteiger partial charge in [0.15, 0.2) is 0 Å². The molecule has 1 aliphatic carbocycles. The molecule has 4 atom stereocenters. The molecule has 84 valence electrons. The van der Waals surface area contributed by atoms with Crippen LogP contribution in [-0.2, 0) is 4.74 Å². The van der Waals surface area contributed by atoms with Crippen LogP contribution in [0.15, 0.2) is 0 Å². The lowest BCUT2D eigenvalue weighted by Gasteiger charge is -2.41. The monoisotopic (exact) mass is 202 g/mol. The van der Waals surface area contributed by atoms with E-state index < -0.39 is 12.2 Å². The van der Waals surface area contributed by atoms with Gasteiger partial charge in [0.1, 0.15) is 6.10 Å². The van der Waals surface area contributed by atoms with Gasteiger partial charge in [0, 0.05) is 7.11 Å². The largest absolute Gasteiger partial charge is 0.390 e. The second-order valence-corrected chi connectivity index (χ2v) is 5.37. The summed E-state index contributed by atoms with van der Waals surface area (Å²) < 4.78 is 5.19. The highest BCUT2D eigenvalue weighted by molar-refractivity contribution is 4.90. The summed E-state index contributed by atoms with van der Waals surface area (Å²) in [4.78, 5) is 0. The summed E-state index contributed by atoms with van der Waals surface area (Å²) in [5, 5.41) is 19.3. The Kier molecular flexibility index (Phi) is 3.56. The Morgan fingerprint density at radius 3 is 2.14 bits per heavy atom. The molecule has 1 aliphatic rings. The SMILES string of the molecule is CO[C@H]1C[C@@H](C(C)(C)C)C[C@H](O)[C@@H]1O. The third-order valence-electron chi connectivity index (χ3n) is 3.35. The normalized spacial score (nSPS) is 39.9. The third kappa shape index (κ3) is 2.47. The van der Waals surface area contributed by atoms with Crippen LogP contribution in [0.2, 0.25) is 0 Å². The van der Waals surface area contributed by atoms with E-state index in [0.717, 1.165) is 6.42 Å². The van der Waals surface area contributed by atoms with Crippen molar-refractivity contribution in [1.29, 1.82) is 0 Å². The van der Waals surface area contributed by atoms with Crippen molar-refractivity contribution in [1.82, 2.24) is 0 Å². The van der Waals surface area contributed by atoms with Gasteiger partial charge in [-0.25, -0.2) is 0 Å². The summed E-state index contributed by atoms with van der Waals surface area (Å²) in [6.45, 7) is 6.48. The highest BCUT2D eigenvalue weighted by atomic mass is 16.5. The van der Waals surface area contributed by atoms with Crippen molar-refractivity contribution >= 4 is 0 Å². The van der Waals surface area contributed by atoms with Gasteiger partial charge < -0.3 is 14.9 Å². The van der Waals surface area contributed by atoms with Gasteiger partial charge in [-0.15, -0.1) is 0 Å². The van der Waals surface area contributed by atoms with Crippen molar-refractivity contribution in [2.45, 2.75) is 51.9 Å². The van der Waals surface area contributed by atoms with Crippen molar-refractivity contribution in [3.8, 4) is 0 Å². The van der Waals surface area contributed by atoms with E-state index in [0.29, 0.717) is 12.3 Å². The van der Waals surface area contributed by atoms with E-state index in [4.69, 9.17) is 4.74 Å². The van der Waals surface area contributed by atoms with Crippen LogP contribution in [0.25, 0.3) is 0 Å². The Labute approximate surface area is 86.1 Å². The molecule has 0 spiro atoms. The average Bonchev–Trinajstić information content (AvgIpc) is 2.07. The van der Waals surface area contributed by atoms with Crippen molar-refractivity contribution in [3.05, 3.63) is 0 Å². The van der Waals surface area contributed by atoms with E-state index in [1.807, 2.05) is 0 Å². The predicted molar refractivity (Wildman–Crippen MR) is 55.0 cm³/mol. The minimum Gasteiger partial charge on any atom is -0.390 e. The van der Waals surface area contributed by atoms with Crippen LogP contribution < -0.4 is 0 Å². The molecule has 1 fully saturated rings. The second-order valence-electron chi connectivity index (χ2n) is 5.37. The molecule has 0 aromatic carbocycles. The second kappa shape index (κ2) is 4.17. The summed E-state index contributed by atoms with van der Waals surface area (Å²) in [5.74, 6) is 0.408. The summed E-state index contributed by atoms with van der Waals surface area (Å²) >= 11 is 0. The van der Waals surface area contributed by atoms with Gasteiger partial charge in [-0.05, 0) is 24.2 Å². The van der Waals surface area contributed by atoms with Gasteiger partial charge in [0.2, 0.25) is 0 Å². The first-order valence-corrected chi connectivity index (χ1v) is 5.25. The van der Waals surface area contributed by atoms with Gasteiger partial charge in [0.25, 0.3) is 0 Å². The first-order valence-electron chi connectivity index (χ1n) is 5.25. The fourth-order valence-electron chi connectivity index (χ4n) is 2.14. The molecule has 0 heterocycles. The Balaban J connectivity index is 2.68. The molecular weight excluding hydrogens is 180 g/mol. The molecular formula is C11H22O3. The molecule has 0 aliphatic heterocycles. The summed E-state index contributed by atoms with van der Waals surface area (Å²) in [6, 6.07) is 0. The van der Waals surface area contributed by atoms with Crippen molar-refractivity contribution < 1.29 is 14.9 Å². The molecule has 14 heavy (non-hydrogen) atoms. The minimum atomic E-state index is -0.724. The maximum Gasteiger partial charge on any atom is 0.106 e. The number of aliphatic hydroxyl groups is 2. The molecule has 1 saturated carbocycles. The molecule has 3 heteroatoms. The van der Waals surface area contributed by atoms with E-state index in [1.165, 1.54) is 0 Å². The maximum atomic E-state index is 9.68. The van der Waals surface area contributed by atoms with E-state index in [1.54, 1.807) is 7.11 Å². The van der Waals surface area contributed by atoms with Gasteiger partial charge in [-0.3, -0.25) is 0 Å². The molecule has 1 rings (SSSR count). The first kappa shape index (κ1) is 12.0. The average molecular weight is 202 g/mol. The lowest BCUT2D eigenvalue weighted by Crippen LogP contribution is -2.47. The van der Waals surface area contributed by atoms with Crippen molar-refractivity contribution in [3.63, 3.8) is 0 Å². The first-order chi connectivity index (χ1) is 6.36. The zero-order chi connectivity index (χ0) is 10.9. The Bertz CT molecular complexity index is 185. The maximum absolute atomic E-state index is 9.68. The lowest BCUT2D eigenvalue weighted by atomic mass is 9.70. The highest BCUT2D eigenvalue weighted by Crippen LogP contribution is 2.38. The lowest BCUT2D eigenvalue weighted by molar-refractivity contribution is -0.126. The molecule has 2 N–H and O–H groups in total. The predicted octanol–water partition coefficient (Wildman–Crippen LogP) is 1.18. The van der Waals surface area contributed by atoms with E-state index in [-0.39, 0.29) is 11.5 Å². The van der Waals surface area contributed by atoms with Crippen LogP contribution in [0.3, 0.4) is 0 Å². The molecule has 0 radical (unpaired) electrons. The number of aliphatic hydroxyl groups excluding tert-OH is 2. The topological polar surface area (TPSA) is 49.7 Å². The van der Waals surface area contributed by atoms with Gasteiger partial charge in [-0.2, -0.15) is 0 Å². The quantitative estimate of drug-likeness (QED) is 0.671. The van der Waals surface area contributed by atoms with Gasteiger partial charge in [-0.1, -0.05) is 20.8 Å². The minimum absolute atomic E-state index is 0.165. The summed E-state index contributed by atoms with van der Waals surface area (Å²) in [6.07, 6.45) is -0.0811. The van der Waals surface area contributed by atoms with E-state index in [9.17, 15) is 10.2 Å². The molecule has 0 amide bonds. The van der Waals surface area contributed by atoms with Crippen LogP contribution in [0.5, 0.6) is 0 Å². The smallest absolute Gasteiger partial charge is 0.106 e. The van der Waals surface area contributed by atoms with Crippen LogP contribution in [0, 0.1) is 11.3 Å². The number of hydrogen-bond acceptors (Lipinski definition) is 3. The standard InChI is InChI=1S/C11H22O3/c1-11(2,3)7-5-8(12)10(13)9(6-7)14-4/h7-10,12-13H,5-6H2,1-4H3/t7-,8-,9-,10-/m0/s1. The Morgan fingerprint density at radius 2 is 1.71 bits per heavy atom. The highest BCUT2D eigenvalue weighted by Gasteiger charge is 2.40. The van der Waals surface area contributed by atoms with Crippen molar-refractivity contribution in [2.75, 3.05) is 7.11 Å². The molecule has 0 saturated heterocycles. The van der Waals surface area contributed by atoms with Crippen LogP contribution >= 0.6 is 0 Å². The summed E-state index contributed by atoms with van der Waals surface area (Å²) in [5.41, 5.74) is 0.165. The Morgan fingerprint density at radius 1 is 1.14 bits per heavy atom. The number of rotatable bonds is 1. The van der Waals surface area contributed by atoms with Gasteiger partial charge in [0.05, 0.1) is 12.2 Å². The molecule has 0 bridgehead atoms. The van der Waals surface area contributed by atoms with Crippen LogP contribution in [0.4, 0.5) is 0 Å². The number of hydrogen-bond donors (Lipinski definition) is 2. The number of methoxy groups -OCH3 is 1. The van der Waals surface area contributed by atoms with E-state index >= 15 is 0 Å². The Hall–Kier alpha value is -0.120. The molecule has 0 unspecified atom stereocenters. The number of ether oxygens (including phenoxy) is 1. The fourth-order valence-corrected chi connectivity index (χ4v) is 2.14. The van der Waals surface area contributed by atoms with Crippen LogP contribution in [0.1, 0.15) is 33.6 Å². The molecule has 3 nitrogen and oxygen atoms in total. The third-order valence-corrected chi connectivity index (χ3v) is 3.35. The van der Waals surface area contributed by atoms with Gasteiger partial charge >= 0.3 is 0 Å². The molecule has 0 aromatic heterocycles. The fraction of sp³-hybridized carbons (Fsp3) is 1.00. The van der Waals surface area contributed by atoms with Crippen molar-refractivity contribution in [2.24, 2.45) is 11.3 Å². The summed E-state index contributed by atoms with van der Waals surface area (Å²) in [7, 11) is 1.59. The zero-order valence-corrected chi connectivity index (χ0v) is 9.53. The molecule has 0 aromatic rings. The zero-order valence-electron chi connectivity index (χ0n) is 9.53.